The molecule has 0 amide bonds. The number of furan rings is 1. The summed E-state index contributed by atoms with van der Waals surface area (Å²) in [5, 5.41) is 3.27. The first-order chi connectivity index (χ1) is 9.05. The van der Waals surface area contributed by atoms with Crippen LogP contribution in [0.3, 0.4) is 0 Å². The average molecular weight is 288 g/mol. The van der Waals surface area contributed by atoms with Crippen LogP contribution in [0.25, 0.3) is 0 Å². The molecule has 0 spiro atoms. The Balaban J connectivity index is 1.79. The largest absolute Gasteiger partial charge is 0.447 e. The van der Waals surface area contributed by atoms with Crippen LogP contribution in [0, 0.1) is 0 Å². The molecule has 0 aromatic carbocycles. The molecule has 1 fully saturated rings. The summed E-state index contributed by atoms with van der Waals surface area (Å²) < 4.78 is 36.0. The second-order valence-electron chi connectivity index (χ2n) is 4.55. The van der Waals surface area contributed by atoms with Gasteiger partial charge in [0.05, 0.1) is 12.6 Å². The molecule has 0 unspecified atom stereocenters. The van der Waals surface area contributed by atoms with Gasteiger partial charge in [0.15, 0.2) is 0 Å². The summed E-state index contributed by atoms with van der Waals surface area (Å²) in [4.78, 5) is 0. The molecule has 7 heteroatoms. The van der Waals surface area contributed by atoms with E-state index in [0.717, 1.165) is 19.4 Å². The minimum absolute atomic E-state index is 0.0485. The number of rotatable bonds is 7. The maximum absolute atomic E-state index is 11.5. The zero-order valence-electron chi connectivity index (χ0n) is 11.2. The lowest BCUT2D eigenvalue weighted by atomic mass is 9.89. The molecule has 0 saturated heterocycles. The van der Waals surface area contributed by atoms with Crippen LogP contribution in [0.1, 0.15) is 25.5 Å². The normalized spacial score (nSPS) is 23.3. The van der Waals surface area contributed by atoms with Gasteiger partial charge in [-0.2, -0.15) is 0 Å². The van der Waals surface area contributed by atoms with E-state index in [1.165, 1.54) is 13.1 Å². The minimum atomic E-state index is -3.49. The SMILES string of the molecule is CCOC1CC(NCc2ccc(S(=O)(=O)NC)o2)C1. The van der Waals surface area contributed by atoms with Gasteiger partial charge in [0.1, 0.15) is 5.76 Å². The molecule has 0 aliphatic heterocycles. The number of hydrogen-bond acceptors (Lipinski definition) is 5. The van der Waals surface area contributed by atoms with Gasteiger partial charge in [-0.05, 0) is 38.9 Å². The van der Waals surface area contributed by atoms with Crippen molar-refractivity contribution in [3.63, 3.8) is 0 Å². The Hall–Kier alpha value is -0.890. The summed E-state index contributed by atoms with van der Waals surface area (Å²) in [6, 6.07) is 3.56. The van der Waals surface area contributed by atoms with E-state index in [0.29, 0.717) is 24.5 Å². The third-order valence-corrected chi connectivity index (χ3v) is 4.52. The molecule has 0 bridgehead atoms. The maximum Gasteiger partial charge on any atom is 0.273 e. The predicted octanol–water partition coefficient (Wildman–Crippen LogP) is 0.845. The number of sulfonamides is 1. The van der Waals surface area contributed by atoms with E-state index in [2.05, 4.69) is 10.0 Å². The van der Waals surface area contributed by atoms with E-state index < -0.39 is 10.0 Å². The lowest BCUT2D eigenvalue weighted by Crippen LogP contribution is -2.45. The standard InChI is InChI=1S/C12H20N2O4S/c1-3-17-11-6-9(7-11)14-8-10-4-5-12(18-10)19(15,16)13-2/h4-5,9,11,13-14H,3,6-8H2,1-2H3. The number of hydrogen-bond donors (Lipinski definition) is 2. The molecule has 2 N–H and O–H groups in total. The van der Waals surface area contributed by atoms with Gasteiger partial charge in [-0.15, -0.1) is 0 Å². The molecule has 108 valence electrons. The highest BCUT2D eigenvalue weighted by Gasteiger charge is 2.29. The van der Waals surface area contributed by atoms with E-state index in [1.54, 1.807) is 6.07 Å². The molecule has 1 heterocycles. The summed E-state index contributed by atoms with van der Waals surface area (Å²) in [6.45, 7) is 3.27. The lowest BCUT2D eigenvalue weighted by Gasteiger charge is -2.35. The predicted molar refractivity (Wildman–Crippen MR) is 70.2 cm³/mol. The van der Waals surface area contributed by atoms with Gasteiger partial charge in [0, 0.05) is 12.6 Å². The fourth-order valence-corrected chi connectivity index (χ4v) is 2.71. The fraction of sp³-hybridized carbons (Fsp3) is 0.667. The quantitative estimate of drug-likeness (QED) is 0.777. The lowest BCUT2D eigenvalue weighted by molar-refractivity contribution is -0.0106. The maximum atomic E-state index is 11.5. The van der Waals surface area contributed by atoms with Crippen molar-refractivity contribution < 1.29 is 17.6 Å². The van der Waals surface area contributed by atoms with Crippen LogP contribution in [0.5, 0.6) is 0 Å². The highest BCUT2D eigenvalue weighted by atomic mass is 32.2. The molecule has 1 aromatic rings. The number of nitrogens with one attached hydrogen (secondary N) is 2. The molecular formula is C12H20N2O4S. The van der Waals surface area contributed by atoms with Crippen molar-refractivity contribution in [2.24, 2.45) is 0 Å². The molecule has 1 aliphatic carbocycles. The zero-order chi connectivity index (χ0) is 13.9. The Morgan fingerprint density at radius 3 is 2.79 bits per heavy atom. The molecule has 1 saturated carbocycles. The first-order valence-electron chi connectivity index (χ1n) is 6.42. The first kappa shape index (κ1) is 14.5. The highest BCUT2D eigenvalue weighted by Crippen LogP contribution is 2.23. The summed E-state index contributed by atoms with van der Waals surface area (Å²) in [7, 11) is -2.13. The smallest absolute Gasteiger partial charge is 0.273 e. The Bertz CT molecular complexity index is 506. The molecule has 6 nitrogen and oxygen atoms in total. The molecular weight excluding hydrogens is 268 g/mol. The van der Waals surface area contributed by atoms with Gasteiger partial charge in [-0.1, -0.05) is 0 Å². The Kier molecular flexibility index (Phi) is 4.62. The first-order valence-corrected chi connectivity index (χ1v) is 7.90. The van der Waals surface area contributed by atoms with E-state index in [4.69, 9.17) is 9.15 Å². The second kappa shape index (κ2) is 6.04. The second-order valence-corrected chi connectivity index (χ2v) is 6.37. The van der Waals surface area contributed by atoms with Crippen LogP contribution in [0.2, 0.25) is 0 Å². The summed E-state index contributed by atoms with van der Waals surface area (Å²) >= 11 is 0. The van der Waals surface area contributed by atoms with E-state index in [-0.39, 0.29) is 5.09 Å². The van der Waals surface area contributed by atoms with Crippen LogP contribution >= 0.6 is 0 Å². The van der Waals surface area contributed by atoms with E-state index >= 15 is 0 Å². The monoisotopic (exact) mass is 288 g/mol. The fourth-order valence-electron chi connectivity index (χ4n) is 2.05. The van der Waals surface area contributed by atoms with Gasteiger partial charge < -0.3 is 14.5 Å². The van der Waals surface area contributed by atoms with Crippen molar-refractivity contribution in [1.82, 2.24) is 10.0 Å². The van der Waals surface area contributed by atoms with Crippen LogP contribution in [0.4, 0.5) is 0 Å². The molecule has 2 rings (SSSR count). The highest BCUT2D eigenvalue weighted by molar-refractivity contribution is 7.89. The van der Waals surface area contributed by atoms with Crippen molar-refractivity contribution in [2.45, 2.75) is 43.5 Å². The van der Waals surface area contributed by atoms with E-state index in [9.17, 15) is 8.42 Å². The van der Waals surface area contributed by atoms with E-state index in [1.807, 2.05) is 6.92 Å². The summed E-state index contributed by atoms with van der Waals surface area (Å²) in [6.07, 6.45) is 2.35. The Morgan fingerprint density at radius 1 is 1.42 bits per heavy atom. The summed E-state index contributed by atoms with van der Waals surface area (Å²) in [5.41, 5.74) is 0. The molecule has 1 aliphatic rings. The van der Waals surface area contributed by atoms with Gasteiger partial charge in [-0.3, -0.25) is 0 Å². The average Bonchev–Trinajstić information content (AvgIpc) is 2.81. The van der Waals surface area contributed by atoms with Crippen molar-refractivity contribution in [3.05, 3.63) is 17.9 Å². The Labute approximate surface area is 113 Å². The van der Waals surface area contributed by atoms with Crippen molar-refractivity contribution in [2.75, 3.05) is 13.7 Å². The van der Waals surface area contributed by atoms with Crippen LogP contribution in [-0.4, -0.2) is 34.2 Å². The third kappa shape index (κ3) is 3.56. The Morgan fingerprint density at radius 2 is 2.16 bits per heavy atom. The van der Waals surface area contributed by atoms with Crippen molar-refractivity contribution >= 4 is 10.0 Å². The molecule has 19 heavy (non-hydrogen) atoms. The van der Waals surface area contributed by atoms with Crippen molar-refractivity contribution in [3.8, 4) is 0 Å². The van der Waals surface area contributed by atoms with Crippen LogP contribution in [-0.2, 0) is 21.3 Å². The summed E-state index contributed by atoms with van der Waals surface area (Å²) in [5.74, 6) is 0.619. The van der Waals surface area contributed by atoms with Gasteiger partial charge in [0.2, 0.25) is 5.09 Å². The van der Waals surface area contributed by atoms with Gasteiger partial charge in [0.25, 0.3) is 10.0 Å². The van der Waals surface area contributed by atoms with Crippen molar-refractivity contribution in [1.29, 1.82) is 0 Å². The molecule has 0 radical (unpaired) electrons. The van der Waals surface area contributed by atoms with Crippen LogP contribution < -0.4 is 10.0 Å². The minimum Gasteiger partial charge on any atom is -0.447 e. The molecule has 0 atom stereocenters. The molecule has 1 aromatic heterocycles. The van der Waals surface area contributed by atoms with Crippen LogP contribution in [0.15, 0.2) is 21.6 Å². The van der Waals surface area contributed by atoms with Gasteiger partial charge >= 0.3 is 0 Å². The van der Waals surface area contributed by atoms with Gasteiger partial charge in [-0.25, -0.2) is 13.1 Å². The topological polar surface area (TPSA) is 80.6 Å². The third-order valence-electron chi connectivity index (χ3n) is 3.23. The number of ether oxygens (including phenoxy) is 1. The zero-order valence-corrected chi connectivity index (χ0v) is 12.0.